The Morgan fingerprint density at radius 3 is 2.50 bits per heavy atom. The Kier molecular flexibility index (Phi) is 3.54. The summed E-state index contributed by atoms with van der Waals surface area (Å²) in [5.41, 5.74) is 1.40. The standard InChI is InChI=1S/C16H22N2/c1-3-7-15(8-4-1)13-17-11-12-18(14-17)16-9-5-2-6-10-16/h1,3-4,7-8,11-12,16H,2,5-6,9-10,13-14H2. The molecule has 1 aromatic carbocycles. The van der Waals surface area contributed by atoms with Gasteiger partial charge in [-0.05, 0) is 18.4 Å². The van der Waals surface area contributed by atoms with Crippen LogP contribution in [0.4, 0.5) is 0 Å². The van der Waals surface area contributed by atoms with Gasteiger partial charge in [-0.1, -0.05) is 49.6 Å². The maximum atomic E-state index is 2.53. The summed E-state index contributed by atoms with van der Waals surface area (Å²) in [4.78, 5) is 4.94. The Bertz CT molecular complexity index is 393. The smallest absolute Gasteiger partial charge is 0.0900 e. The van der Waals surface area contributed by atoms with Gasteiger partial charge in [0.25, 0.3) is 0 Å². The normalized spacial score (nSPS) is 20.7. The Morgan fingerprint density at radius 1 is 0.944 bits per heavy atom. The maximum Gasteiger partial charge on any atom is 0.0900 e. The molecule has 96 valence electrons. The summed E-state index contributed by atoms with van der Waals surface area (Å²) >= 11 is 0. The summed E-state index contributed by atoms with van der Waals surface area (Å²) in [6.07, 6.45) is 11.6. The van der Waals surface area contributed by atoms with Gasteiger partial charge in [-0.15, -0.1) is 0 Å². The van der Waals surface area contributed by atoms with Crippen LogP contribution in [-0.4, -0.2) is 22.5 Å². The lowest BCUT2D eigenvalue weighted by Gasteiger charge is -2.32. The quantitative estimate of drug-likeness (QED) is 0.799. The van der Waals surface area contributed by atoms with Gasteiger partial charge in [-0.25, -0.2) is 0 Å². The molecule has 0 bridgehead atoms. The van der Waals surface area contributed by atoms with Crippen molar-refractivity contribution in [1.29, 1.82) is 0 Å². The van der Waals surface area contributed by atoms with Gasteiger partial charge in [-0.2, -0.15) is 0 Å². The van der Waals surface area contributed by atoms with Crippen molar-refractivity contribution < 1.29 is 0 Å². The molecule has 0 amide bonds. The van der Waals surface area contributed by atoms with E-state index in [1.807, 2.05) is 0 Å². The van der Waals surface area contributed by atoms with Gasteiger partial charge in [0.1, 0.15) is 0 Å². The molecule has 0 saturated heterocycles. The van der Waals surface area contributed by atoms with Gasteiger partial charge in [-0.3, -0.25) is 0 Å². The minimum atomic E-state index is 0.788. The SMILES string of the molecule is C1=CN(C2CCCCC2)CN1Cc1ccccc1. The Balaban J connectivity index is 1.54. The highest BCUT2D eigenvalue weighted by atomic mass is 15.3. The Hall–Kier alpha value is -1.44. The van der Waals surface area contributed by atoms with Gasteiger partial charge >= 0.3 is 0 Å². The highest BCUT2D eigenvalue weighted by Gasteiger charge is 2.22. The third-order valence-corrected chi connectivity index (χ3v) is 4.09. The predicted molar refractivity (Wildman–Crippen MR) is 74.7 cm³/mol. The maximum absolute atomic E-state index is 2.53. The average Bonchev–Trinajstić information content (AvgIpc) is 2.89. The van der Waals surface area contributed by atoms with Crippen LogP contribution in [0, 0.1) is 0 Å². The van der Waals surface area contributed by atoms with Gasteiger partial charge in [0, 0.05) is 25.0 Å². The molecule has 0 radical (unpaired) electrons. The second-order valence-corrected chi connectivity index (χ2v) is 5.48. The summed E-state index contributed by atoms with van der Waals surface area (Å²) in [6.45, 7) is 2.10. The lowest BCUT2D eigenvalue weighted by atomic mass is 9.95. The van der Waals surface area contributed by atoms with E-state index in [1.165, 1.54) is 37.7 Å². The Labute approximate surface area is 110 Å². The molecule has 1 aliphatic carbocycles. The molecule has 1 aliphatic heterocycles. The van der Waals surface area contributed by atoms with E-state index in [2.05, 4.69) is 52.5 Å². The molecular weight excluding hydrogens is 220 g/mol. The van der Waals surface area contributed by atoms with Crippen LogP contribution in [0.3, 0.4) is 0 Å². The van der Waals surface area contributed by atoms with Crippen molar-refractivity contribution in [2.75, 3.05) is 6.67 Å². The van der Waals surface area contributed by atoms with E-state index in [0.717, 1.165) is 19.3 Å². The molecule has 18 heavy (non-hydrogen) atoms. The van der Waals surface area contributed by atoms with Gasteiger partial charge in [0.2, 0.25) is 0 Å². The van der Waals surface area contributed by atoms with Crippen molar-refractivity contribution in [1.82, 2.24) is 9.80 Å². The minimum Gasteiger partial charge on any atom is -0.356 e. The van der Waals surface area contributed by atoms with Crippen LogP contribution in [0.15, 0.2) is 42.7 Å². The van der Waals surface area contributed by atoms with E-state index in [1.54, 1.807) is 0 Å². The molecule has 2 heteroatoms. The fourth-order valence-electron chi connectivity index (χ4n) is 3.05. The summed E-state index contributed by atoms with van der Waals surface area (Å²) in [7, 11) is 0. The number of nitrogens with zero attached hydrogens (tertiary/aromatic N) is 2. The van der Waals surface area contributed by atoms with E-state index >= 15 is 0 Å². The average molecular weight is 242 g/mol. The summed E-state index contributed by atoms with van der Waals surface area (Å²) in [5.74, 6) is 0. The first-order valence-corrected chi connectivity index (χ1v) is 7.14. The van der Waals surface area contributed by atoms with Crippen molar-refractivity contribution >= 4 is 0 Å². The number of benzene rings is 1. The molecule has 0 unspecified atom stereocenters. The van der Waals surface area contributed by atoms with Gasteiger partial charge in [0.05, 0.1) is 6.67 Å². The molecule has 1 saturated carbocycles. The number of hydrogen-bond donors (Lipinski definition) is 0. The fraction of sp³-hybridized carbons (Fsp3) is 0.500. The highest BCUT2D eigenvalue weighted by Crippen LogP contribution is 2.25. The van der Waals surface area contributed by atoms with E-state index in [-0.39, 0.29) is 0 Å². The molecule has 2 nitrogen and oxygen atoms in total. The Morgan fingerprint density at radius 2 is 1.72 bits per heavy atom. The zero-order chi connectivity index (χ0) is 12.2. The zero-order valence-corrected chi connectivity index (χ0v) is 11.0. The van der Waals surface area contributed by atoms with Gasteiger partial charge < -0.3 is 9.80 Å². The van der Waals surface area contributed by atoms with Crippen LogP contribution >= 0.6 is 0 Å². The summed E-state index contributed by atoms with van der Waals surface area (Å²) < 4.78 is 0. The minimum absolute atomic E-state index is 0.788. The molecule has 2 aliphatic rings. The predicted octanol–water partition coefficient (Wildman–Crippen LogP) is 3.57. The van der Waals surface area contributed by atoms with Crippen LogP contribution in [-0.2, 0) is 6.54 Å². The second kappa shape index (κ2) is 5.47. The first-order valence-electron chi connectivity index (χ1n) is 7.14. The van der Waals surface area contributed by atoms with Crippen molar-refractivity contribution in [3.05, 3.63) is 48.3 Å². The first kappa shape index (κ1) is 11.6. The molecule has 3 rings (SSSR count). The van der Waals surface area contributed by atoms with E-state index in [0.29, 0.717) is 0 Å². The summed E-state index contributed by atoms with van der Waals surface area (Å²) in [5, 5.41) is 0. The highest BCUT2D eigenvalue weighted by molar-refractivity contribution is 5.15. The van der Waals surface area contributed by atoms with Crippen LogP contribution in [0.2, 0.25) is 0 Å². The fourth-order valence-corrected chi connectivity index (χ4v) is 3.05. The van der Waals surface area contributed by atoms with Crippen molar-refractivity contribution in [3.63, 3.8) is 0 Å². The summed E-state index contributed by atoms with van der Waals surface area (Å²) in [6, 6.07) is 11.5. The van der Waals surface area contributed by atoms with Crippen LogP contribution in [0.25, 0.3) is 0 Å². The lowest BCUT2D eigenvalue weighted by molar-refractivity contribution is 0.173. The molecular formula is C16H22N2. The third-order valence-electron chi connectivity index (χ3n) is 4.09. The molecule has 1 heterocycles. The number of hydrogen-bond acceptors (Lipinski definition) is 2. The third kappa shape index (κ3) is 2.69. The van der Waals surface area contributed by atoms with Crippen LogP contribution in [0.5, 0.6) is 0 Å². The molecule has 1 aromatic rings. The molecule has 0 atom stereocenters. The zero-order valence-electron chi connectivity index (χ0n) is 11.0. The van der Waals surface area contributed by atoms with Crippen LogP contribution in [0.1, 0.15) is 37.7 Å². The van der Waals surface area contributed by atoms with Crippen molar-refractivity contribution in [3.8, 4) is 0 Å². The van der Waals surface area contributed by atoms with E-state index in [9.17, 15) is 0 Å². The number of rotatable bonds is 3. The van der Waals surface area contributed by atoms with Crippen LogP contribution < -0.4 is 0 Å². The van der Waals surface area contributed by atoms with E-state index in [4.69, 9.17) is 0 Å². The molecule has 1 fully saturated rings. The lowest BCUT2D eigenvalue weighted by Crippen LogP contribution is -2.35. The van der Waals surface area contributed by atoms with E-state index < -0.39 is 0 Å². The van der Waals surface area contributed by atoms with Crippen molar-refractivity contribution in [2.24, 2.45) is 0 Å². The molecule has 0 N–H and O–H groups in total. The monoisotopic (exact) mass is 242 g/mol. The van der Waals surface area contributed by atoms with Crippen molar-refractivity contribution in [2.45, 2.75) is 44.7 Å². The molecule has 0 spiro atoms. The topological polar surface area (TPSA) is 6.48 Å². The first-order chi connectivity index (χ1) is 8.92. The molecule has 0 aromatic heterocycles. The second-order valence-electron chi connectivity index (χ2n) is 5.48. The van der Waals surface area contributed by atoms with Gasteiger partial charge in [0.15, 0.2) is 0 Å². The largest absolute Gasteiger partial charge is 0.356 e.